The van der Waals surface area contributed by atoms with E-state index in [9.17, 15) is 19.5 Å². The number of carbonyl (C=O) groups is 3. The van der Waals surface area contributed by atoms with Crippen LogP contribution in [0.25, 0.3) is 0 Å². The van der Waals surface area contributed by atoms with Crippen molar-refractivity contribution < 1.29 is 19.5 Å². The predicted molar refractivity (Wildman–Crippen MR) is 114 cm³/mol. The van der Waals surface area contributed by atoms with Crippen molar-refractivity contribution in [2.75, 3.05) is 6.54 Å². The molecule has 3 amide bonds. The highest BCUT2D eigenvalue weighted by Gasteiger charge is 2.44. The van der Waals surface area contributed by atoms with E-state index in [2.05, 4.69) is 16.6 Å². The average molecular weight is 414 g/mol. The van der Waals surface area contributed by atoms with E-state index in [0.717, 1.165) is 11.1 Å². The fourth-order valence-corrected chi connectivity index (χ4v) is 3.58. The Morgan fingerprint density at radius 1 is 1.20 bits per heavy atom. The Balaban J connectivity index is 2.17. The van der Waals surface area contributed by atoms with Crippen molar-refractivity contribution in [1.29, 1.82) is 0 Å². The van der Waals surface area contributed by atoms with Crippen LogP contribution in [0.4, 0.5) is 0 Å². The largest absolute Gasteiger partial charge is 0.391 e. The zero-order chi connectivity index (χ0) is 22.6. The maximum absolute atomic E-state index is 13.2. The van der Waals surface area contributed by atoms with E-state index in [0.29, 0.717) is 0 Å². The highest BCUT2D eigenvalue weighted by Crippen LogP contribution is 2.26. The summed E-state index contributed by atoms with van der Waals surface area (Å²) in [6, 6.07) is 5.39. The standard InChI is InChI=1S/C23H31N3O4/c1-7-16-8-10-17(11-9-16)14(2)24-21(29)19-12-18(28)13-26(19)22(30)20(23(4,5)6)25-15(3)27/h1,8-11,14,18-20,28H,12-13H2,2-6H3,(H,24,29)(H,25,27)/t14?,18-,19+,20?/m1/s1. The topological polar surface area (TPSA) is 98.7 Å². The van der Waals surface area contributed by atoms with Crippen LogP contribution in [-0.2, 0) is 14.4 Å². The maximum atomic E-state index is 13.2. The number of carbonyl (C=O) groups excluding carboxylic acids is 3. The Bertz CT molecular complexity index is 835. The van der Waals surface area contributed by atoms with Gasteiger partial charge < -0.3 is 20.6 Å². The normalized spacial score (nSPS) is 20.8. The van der Waals surface area contributed by atoms with Crippen LogP contribution in [0.5, 0.6) is 0 Å². The number of hydrogen-bond donors (Lipinski definition) is 3. The van der Waals surface area contributed by atoms with Gasteiger partial charge in [0.25, 0.3) is 0 Å². The number of terminal acetylenes is 1. The molecule has 1 heterocycles. The molecule has 2 unspecified atom stereocenters. The lowest BCUT2D eigenvalue weighted by atomic mass is 9.85. The van der Waals surface area contributed by atoms with E-state index in [4.69, 9.17) is 6.42 Å². The number of β-amino-alcohol motifs (C(OH)–C–C–N with tert-alkyl or cyclic N) is 1. The number of rotatable bonds is 5. The van der Waals surface area contributed by atoms with Gasteiger partial charge in [0.15, 0.2) is 0 Å². The van der Waals surface area contributed by atoms with Gasteiger partial charge in [-0.3, -0.25) is 14.4 Å². The van der Waals surface area contributed by atoms with Crippen LogP contribution in [-0.4, -0.2) is 52.5 Å². The van der Waals surface area contributed by atoms with Crippen LogP contribution in [0.15, 0.2) is 24.3 Å². The van der Waals surface area contributed by atoms with Crippen LogP contribution in [0, 0.1) is 17.8 Å². The fraction of sp³-hybridized carbons (Fsp3) is 0.522. The maximum Gasteiger partial charge on any atom is 0.246 e. The summed E-state index contributed by atoms with van der Waals surface area (Å²) in [6.45, 7) is 8.77. The van der Waals surface area contributed by atoms with Gasteiger partial charge in [-0.05, 0) is 30.0 Å². The third-order valence-electron chi connectivity index (χ3n) is 5.26. The predicted octanol–water partition coefficient (Wildman–Crippen LogP) is 1.36. The molecule has 0 spiro atoms. The van der Waals surface area contributed by atoms with E-state index in [1.165, 1.54) is 11.8 Å². The molecule has 0 saturated carbocycles. The number of likely N-dealkylation sites (tertiary alicyclic amines) is 1. The molecule has 162 valence electrons. The molecule has 0 aromatic heterocycles. The summed E-state index contributed by atoms with van der Waals surface area (Å²) < 4.78 is 0. The van der Waals surface area contributed by atoms with Crippen molar-refractivity contribution in [3.8, 4) is 12.3 Å². The molecular formula is C23H31N3O4. The third-order valence-corrected chi connectivity index (χ3v) is 5.26. The number of amides is 3. The summed E-state index contributed by atoms with van der Waals surface area (Å²) in [6.07, 6.45) is 4.73. The van der Waals surface area contributed by atoms with E-state index < -0.39 is 23.6 Å². The summed E-state index contributed by atoms with van der Waals surface area (Å²) in [4.78, 5) is 39.2. The van der Waals surface area contributed by atoms with Crippen LogP contribution in [0.2, 0.25) is 0 Å². The second kappa shape index (κ2) is 9.31. The first-order chi connectivity index (χ1) is 13.9. The number of hydrogen-bond acceptors (Lipinski definition) is 4. The monoisotopic (exact) mass is 413 g/mol. The van der Waals surface area contributed by atoms with Gasteiger partial charge in [0, 0.05) is 25.5 Å². The molecule has 0 radical (unpaired) electrons. The van der Waals surface area contributed by atoms with Crippen LogP contribution >= 0.6 is 0 Å². The lowest BCUT2D eigenvalue weighted by Crippen LogP contribution is -2.57. The van der Waals surface area contributed by atoms with Crippen LogP contribution < -0.4 is 10.6 Å². The Morgan fingerprint density at radius 2 is 1.80 bits per heavy atom. The smallest absolute Gasteiger partial charge is 0.246 e. The summed E-state index contributed by atoms with van der Waals surface area (Å²) >= 11 is 0. The van der Waals surface area contributed by atoms with Gasteiger partial charge in [-0.2, -0.15) is 0 Å². The number of nitrogens with one attached hydrogen (secondary N) is 2. The molecule has 1 aromatic carbocycles. The van der Waals surface area contributed by atoms with Crippen molar-refractivity contribution in [2.45, 2.75) is 65.3 Å². The van der Waals surface area contributed by atoms with Crippen LogP contribution in [0.3, 0.4) is 0 Å². The summed E-state index contributed by atoms with van der Waals surface area (Å²) in [5, 5.41) is 15.8. The highest BCUT2D eigenvalue weighted by molar-refractivity contribution is 5.93. The molecule has 1 aliphatic rings. The number of aliphatic hydroxyl groups excluding tert-OH is 1. The number of nitrogens with zero attached hydrogens (tertiary/aromatic N) is 1. The second-order valence-electron chi connectivity index (χ2n) is 8.89. The van der Waals surface area contributed by atoms with Crippen molar-refractivity contribution in [3.05, 3.63) is 35.4 Å². The summed E-state index contributed by atoms with van der Waals surface area (Å²) in [5.41, 5.74) is 1.08. The van der Waals surface area contributed by atoms with E-state index >= 15 is 0 Å². The zero-order valence-electron chi connectivity index (χ0n) is 18.2. The molecule has 1 fully saturated rings. The van der Waals surface area contributed by atoms with E-state index in [1.54, 1.807) is 12.1 Å². The van der Waals surface area contributed by atoms with E-state index in [1.807, 2.05) is 39.8 Å². The molecule has 0 bridgehead atoms. The van der Waals surface area contributed by atoms with Gasteiger partial charge in [-0.15, -0.1) is 6.42 Å². The summed E-state index contributed by atoms with van der Waals surface area (Å²) in [5.74, 6) is 1.50. The first-order valence-electron chi connectivity index (χ1n) is 10.1. The molecule has 3 N–H and O–H groups in total. The van der Waals surface area contributed by atoms with Crippen molar-refractivity contribution >= 4 is 17.7 Å². The average Bonchev–Trinajstić information content (AvgIpc) is 3.06. The number of benzene rings is 1. The molecule has 30 heavy (non-hydrogen) atoms. The zero-order valence-corrected chi connectivity index (χ0v) is 18.2. The quantitative estimate of drug-likeness (QED) is 0.635. The van der Waals surface area contributed by atoms with Gasteiger partial charge in [0.05, 0.1) is 12.1 Å². The van der Waals surface area contributed by atoms with Crippen molar-refractivity contribution in [2.24, 2.45) is 5.41 Å². The molecule has 1 aromatic rings. The van der Waals surface area contributed by atoms with Crippen molar-refractivity contribution in [3.63, 3.8) is 0 Å². The lowest BCUT2D eigenvalue weighted by molar-refractivity contribution is -0.144. The van der Waals surface area contributed by atoms with E-state index in [-0.39, 0.29) is 36.7 Å². The highest BCUT2D eigenvalue weighted by atomic mass is 16.3. The Kier molecular flexibility index (Phi) is 7.27. The van der Waals surface area contributed by atoms with Gasteiger partial charge in [0.1, 0.15) is 12.1 Å². The fourth-order valence-electron chi connectivity index (χ4n) is 3.58. The molecule has 0 aliphatic carbocycles. The van der Waals surface area contributed by atoms with Crippen LogP contribution in [0.1, 0.15) is 58.2 Å². The minimum absolute atomic E-state index is 0.0499. The first kappa shape index (κ1) is 23.4. The minimum atomic E-state index is -0.807. The van der Waals surface area contributed by atoms with Gasteiger partial charge in [0.2, 0.25) is 17.7 Å². The molecule has 2 rings (SSSR count). The van der Waals surface area contributed by atoms with Crippen molar-refractivity contribution in [1.82, 2.24) is 15.5 Å². The molecule has 1 aliphatic heterocycles. The summed E-state index contributed by atoms with van der Waals surface area (Å²) in [7, 11) is 0. The molecule has 1 saturated heterocycles. The SMILES string of the molecule is C#Cc1ccc(C(C)NC(=O)[C@@H]2C[C@@H](O)CN2C(=O)C(NC(C)=O)C(C)(C)C)cc1. The second-order valence-corrected chi connectivity index (χ2v) is 8.89. The van der Waals surface area contributed by atoms with Gasteiger partial charge >= 0.3 is 0 Å². The third kappa shape index (κ3) is 5.61. The van der Waals surface area contributed by atoms with Gasteiger partial charge in [-0.25, -0.2) is 0 Å². The minimum Gasteiger partial charge on any atom is -0.391 e. The Morgan fingerprint density at radius 3 is 2.30 bits per heavy atom. The molecular weight excluding hydrogens is 382 g/mol. The molecule has 7 heteroatoms. The molecule has 7 nitrogen and oxygen atoms in total. The molecule has 4 atom stereocenters. The van der Waals surface area contributed by atoms with Gasteiger partial charge in [-0.1, -0.05) is 38.8 Å². The Labute approximate surface area is 178 Å². The number of aliphatic hydroxyl groups is 1. The Hall–Kier alpha value is -2.85. The first-order valence-corrected chi connectivity index (χ1v) is 10.1. The lowest BCUT2D eigenvalue weighted by Gasteiger charge is -2.35.